The van der Waals surface area contributed by atoms with Crippen molar-refractivity contribution in [3.63, 3.8) is 0 Å². The number of hydrogen-bond acceptors (Lipinski definition) is 2. The molecule has 1 heterocycles. The summed E-state index contributed by atoms with van der Waals surface area (Å²) in [4.78, 5) is 13.4. The molecule has 0 aliphatic carbocycles. The maximum atomic E-state index is 14.0. The first-order chi connectivity index (χ1) is 9.33. The highest BCUT2D eigenvalue weighted by molar-refractivity contribution is 6.30. The van der Waals surface area contributed by atoms with E-state index in [2.05, 4.69) is 0 Å². The van der Waals surface area contributed by atoms with Crippen LogP contribution in [0.1, 0.15) is 32.3 Å². The lowest BCUT2D eigenvalue weighted by Crippen LogP contribution is -2.53. The van der Waals surface area contributed by atoms with Gasteiger partial charge in [-0.3, -0.25) is 9.69 Å². The number of hydrogen-bond donors (Lipinski definition) is 1. The minimum atomic E-state index is -0.850. The van der Waals surface area contributed by atoms with Crippen molar-refractivity contribution >= 4 is 17.6 Å². The number of carboxylic acid groups (broad SMARTS) is 1. The molecule has 0 bridgehead atoms. The average molecular weight is 300 g/mol. The molecule has 1 aliphatic rings. The van der Waals surface area contributed by atoms with Crippen LogP contribution in [-0.2, 0) is 11.3 Å². The number of piperidine rings is 1. The summed E-state index contributed by atoms with van der Waals surface area (Å²) in [5.74, 6) is -1.31. The molecular formula is C15H19ClFNO2. The molecule has 0 spiro atoms. The number of benzene rings is 1. The zero-order valence-electron chi connectivity index (χ0n) is 11.7. The molecule has 1 saturated heterocycles. The van der Waals surface area contributed by atoms with Gasteiger partial charge in [0.1, 0.15) is 11.9 Å². The number of carbonyl (C=O) groups is 1. The number of aliphatic carboxylic acids is 1. The normalized spacial score (nSPS) is 22.7. The highest BCUT2D eigenvalue weighted by Crippen LogP contribution is 2.36. The molecule has 1 N–H and O–H groups in total. The molecule has 20 heavy (non-hydrogen) atoms. The van der Waals surface area contributed by atoms with E-state index in [1.807, 2.05) is 18.7 Å². The van der Waals surface area contributed by atoms with Gasteiger partial charge < -0.3 is 5.11 Å². The molecule has 0 radical (unpaired) electrons. The summed E-state index contributed by atoms with van der Waals surface area (Å²) < 4.78 is 14.0. The third-order valence-corrected chi connectivity index (χ3v) is 4.30. The molecule has 1 aliphatic heterocycles. The number of nitrogens with zero attached hydrogens (tertiary/aromatic N) is 1. The summed E-state index contributed by atoms with van der Waals surface area (Å²) in [5.41, 5.74) is 0.125. The first kappa shape index (κ1) is 15.3. The average Bonchev–Trinajstić information content (AvgIpc) is 2.33. The van der Waals surface area contributed by atoms with Crippen molar-refractivity contribution in [2.24, 2.45) is 5.41 Å². The van der Waals surface area contributed by atoms with Gasteiger partial charge in [-0.05, 0) is 30.9 Å². The minimum absolute atomic E-state index is 0.0747. The van der Waals surface area contributed by atoms with Gasteiger partial charge in [-0.2, -0.15) is 0 Å². The van der Waals surface area contributed by atoms with E-state index in [1.54, 1.807) is 12.1 Å². The van der Waals surface area contributed by atoms with Gasteiger partial charge in [0.15, 0.2) is 0 Å². The Morgan fingerprint density at radius 3 is 2.90 bits per heavy atom. The van der Waals surface area contributed by atoms with Crippen LogP contribution in [0.5, 0.6) is 0 Å². The molecule has 0 saturated carbocycles. The fourth-order valence-electron chi connectivity index (χ4n) is 3.05. The number of carboxylic acids is 1. The zero-order chi connectivity index (χ0) is 14.9. The van der Waals surface area contributed by atoms with Crippen LogP contribution in [0, 0.1) is 11.2 Å². The van der Waals surface area contributed by atoms with Gasteiger partial charge >= 0.3 is 5.97 Å². The van der Waals surface area contributed by atoms with Crippen molar-refractivity contribution < 1.29 is 14.3 Å². The third-order valence-electron chi connectivity index (χ3n) is 4.01. The first-order valence-corrected chi connectivity index (χ1v) is 7.10. The molecule has 0 amide bonds. The molecule has 1 fully saturated rings. The van der Waals surface area contributed by atoms with Crippen molar-refractivity contribution in [2.75, 3.05) is 6.54 Å². The van der Waals surface area contributed by atoms with Crippen molar-refractivity contribution in [2.45, 2.75) is 39.3 Å². The van der Waals surface area contributed by atoms with Gasteiger partial charge in [-0.1, -0.05) is 37.6 Å². The second-order valence-corrected chi connectivity index (χ2v) is 6.42. The van der Waals surface area contributed by atoms with E-state index in [0.29, 0.717) is 12.1 Å². The van der Waals surface area contributed by atoms with E-state index in [0.717, 1.165) is 12.8 Å². The van der Waals surface area contributed by atoms with Crippen molar-refractivity contribution in [1.29, 1.82) is 0 Å². The Bertz CT molecular complexity index is 519. The predicted octanol–water partition coefficient (Wildman–Crippen LogP) is 3.55. The number of likely N-dealkylation sites (tertiary alicyclic amines) is 1. The molecular weight excluding hydrogens is 281 g/mol. The maximum Gasteiger partial charge on any atom is 0.321 e. The molecule has 5 heteroatoms. The van der Waals surface area contributed by atoms with Crippen LogP contribution < -0.4 is 0 Å². The Morgan fingerprint density at radius 1 is 1.55 bits per heavy atom. The van der Waals surface area contributed by atoms with Crippen LogP contribution in [0.15, 0.2) is 18.2 Å². The van der Waals surface area contributed by atoms with E-state index in [-0.39, 0.29) is 17.0 Å². The molecule has 3 nitrogen and oxygen atoms in total. The summed E-state index contributed by atoms with van der Waals surface area (Å²) in [6.07, 6.45) is 1.78. The molecule has 1 atom stereocenters. The van der Waals surface area contributed by atoms with Crippen LogP contribution in [-0.4, -0.2) is 28.6 Å². The van der Waals surface area contributed by atoms with Crippen molar-refractivity contribution in [3.05, 3.63) is 34.6 Å². The highest BCUT2D eigenvalue weighted by atomic mass is 35.5. The molecule has 0 aromatic heterocycles. The van der Waals surface area contributed by atoms with E-state index in [1.165, 1.54) is 6.07 Å². The fourth-order valence-corrected chi connectivity index (χ4v) is 3.24. The lowest BCUT2D eigenvalue weighted by molar-refractivity contribution is -0.151. The fraction of sp³-hybridized carbons (Fsp3) is 0.533. The molecule has 1 aromatic rings. The first-order valence-electron chi connectivity index (χ1n) is 6.72. The van der Waals surface area contributed by atoms with Crippen LogP contribution in [0.25, 0.3) is 0 Å². The SMILES string of the molecule is CC1(C)CCCN(Cc2cccc(Cl)c2F)C1C(=O)O. The predicted molar refractivity (Wildman–Crippen MR) is 76.3 cm³/mol. The Balaban J connectivity index is 2.26. The van der Waals surface area contributed by atoms with Gasteiger partial charge in [-0.25, -0.2) is 4.39 Å². The minimum Gasteiger partial charge on any atom is -0.480 e. The highest BCUT2D eigenvalue weighted by Gasteiger charge is 2.42. The number of halogens is 2. The summed E-state index contributed by atoms with van der Waals surface area (Å²) in [5, 5.41) is 9.56. The Hall–Kier alpha value is -1.13. The lowest BCUT2D eigenvalue weighted by Gasteiger charge is -2.44. The molecule has 110 valence electrons. The third kappa shape index (κ3) is 2.96. The monoisotopic (exact) mass is 299 g/mol. The van der Waals surface area contributed by atoms with E-state index >= 15 is 0 Å². The maximum absolute atomic E-state index is 14.0. The second kappa shape index (κ2) is 5.70. The van der Waals surface area contributed by atoms with Gasteiger partial charge in [0.25, 0.3) is 0 Å². The summed E-state index contributed by atoms with van der Waals surface area (Å²) >= 11 is 5.78. The summed E-state index contributed by atoms with van der Waals surface area (Å²) in [6, 6.07) is 4.23. The summed E-state index contributed by atoms with van der Waals surface area (Å²) in [6.45, 7) is 4.83. The van der Waals surface area contributed by atoms with Crippen molar-refractivity contribution in [1.82, 2.24) is 4.90 Å². The van der Waals surface area contributed by atoms with E-state index < -0.39 is 17.8 Å². The smallest absolute Gasteiger partial charge is 0.321 e. The van der Waals surface area contributed by atoms with Crippen LogP contribution in [0.3, 0.4) is 0 Å². The van der Waals surface area contributed by atoms with Gasteiger partial charge in [0.05, 0.1) is 5.02 Å². The standard InChI is InChI=1S/C15H19ClFNO2/c1-15(2)7-4-8-18(13(15)14(19)20)9-10-5-3-6-11(16)12(10)17/h3,5-6,13H,4,7-9H2,1-2H3,(H,19,20). The Morgan fingerprint density at radius 2 is 2.25 bits per heavy atom. The van der Waals surface area contributed by atoms with Gasteiger partial charge in [0, 0.05) is 12.1 Å². The lowest BCUT2D eigenvalue weighted by atomic mass is 9.76. The molecule has 1 unspecified atom stereocenters. The number of rotatable bonds is 3. The topological polar surface area (TPSA) is 40.5 Å². The zero-order valence-corrected chi connectivity index (χ0v) is 12.5. The van der Waals surface area contributed by atoms with Crippen LogP contribution in [0.2, 0.25) is 5.02 Å². The Kier molecular flexibility index (Phi) is 4.35. The molecule has 2 rings (SSSR count). The largest absolute Gasteiger partial charge is 0.480 e. The van der Waals surface area contributed by atoms with Crippen LogP contribution in [0.4, 0.5) is 4.39 Å². The van der Waals surface area contributed by atoms with Crippen molar-refractivity contribution in [3.8, 4) is 0 Å². The molecule has 1 aromatic carbocycles. The second-order valence-electron chi connectivity index (χ2n) is 6.02. The van der Waals surface area contributed by atoms with Gasteiger partial charge in [0.2, 0.25) is 0 Å². The van der Waals surface area contributed by atoms with Gasteiger partial charge in [-0.15, -0.1) is 0 Å². The van der Waals surface area contributed by atoms with E-state index in [9.17, 15) is 14.3 Å². The van der Waals surface area contributed by atoms with Crippen LogP contribution >= 0.6 is 11.6 Å². The Labute approximate surface area is 123 Å². The quantitative estimate of drug-likeness (QED) is 0.928. The summed E-state index contributed by atoms with van der Waals surface area (Å²) in [7, 11) is 0. The van der Waals surface area contributed by atoms with E-state index in [4.69, 9.17) is 11.6 Å².